The van der Waals surface area contributed by atoms with Crippen LogP contribution in [0.15, 0.2) is 107 Å². The first kappa shape index (κ1) is 34.8. The van der Waals surface area contributed by atoms with Gasteiger partial charge < -0.3 is 18.9 Å². The Bertz CT molecular complexity index is 966. The second-order valence-corrected chi connectivity index (χ2v) is 8.85. The lowest BCUT2D eigenvalue weighted by atomic mass is 10.1. The Balaban J connectivity index is 4.93. The summed E-state index contributed by atoms with van der Waals surface area (Å²) in [6.45, 7) is 11.0. The number of ketones is 2. The van der Waals surface area contributed by atoms with Crippen molar-refractivity contribution in [3.63, 3.8) is 0 Å². The Morgan fingerprint density at radius 1 is 0.447 bits per heavy atom. The second kappa shape index (κ2) is 18.2. The van der Waals surface area contributed by atoms with Gasteiger partial charge in [-0.05, 0) is 53.7 Å². The Hall–Kier alpha value is -3.16. The normalized spacial score (nSPS) is 15.3. The lowest BCUT2D eigenvalue weighted by molar-refractivity contribution is -0.194. The van der Waals surface area contributed by atoms with Gasteiger partial charge in [-0.1, -0.05) is 95.2 Å². The van der Waals surface area contributed by atoms with Gasteiger partial charge in [-0.15, -0.1) is 0 Å². The van der Waals surface area contributed by atoms with E-state index < -0.39 is 11.6 Å². The van der Waals surface area contributed by atoms with Crippen LogP contribution in [0.25, 0.3) is 0 Å². The van der Waals surface area contributed by atoms with E-state index in [0.29, 0.717) is 0 Å². The van der Waals surface area contributed by atoms with Gasteiger partial charge in [0.1, 0.15) is 0 Å². The van der Waals surface area contributed by atoms with Crippen molar-refractivity contribution in [1.29, 1.82) is 0 Å². The predicted molar refractivity (Wildman–Crippen MR) is 156 cm³/mol. The van der Waals surface area contributed by atoms with Crippen LogP contribution in [0.2, 0.25) is 0 Å². The fourth-order valence-electron chi connectivity index (χ4n) is 2.63. The third-order valence-electron chi connectivity index (χ3n) is 5.71. The van der Waals surface area contributed by atoms with Crippen molar-refractivity contribution in [2.75, 3.05) is 28.4 Å². The van der Waals surface area contributed by atoms with E-state index in [1.54, 1.807) is 26.0 Å². The predicted octanol–water partition coefficient (Wildman–Crippen LogP) is 6.71. The second-order valence-electron chi connectivity index (χ2n) is 8.85. The summed E-state index contributed by atoms with van der Waals surface area (Å²) in [6.07, 6.45) is 26.0. The van der Waals surface area contributed by atoms with Crippen molar-refractivity contribution in [1.82, 2.24) is 0 Å². The molecule has 0 aliphatic heterocycles. The molecular weight excluding hydrogens is 480 g/mol. The topological polar surface area (TPSA) is 71.1 Å². The molecule has 6 nitrogen and oxygen atoms in total. The summed E-state index contributed by atoms with van der Waals surface area (Å²) in [5.74, 6) is -3.06. The standard InChI is InChI=1S/C32H44O6/c1-25(17-13-19-27(3)21-23-29(33)31(5,35-7)36-8)15-11-12-16-26(2)18-14-20-28(4)22-24-30(34)32(6,37-9)38-10/h11-24H,1-10H3/b12-11+,17-13+,18-14+,23-21+,24-22+,25-15+,26-16+,27-19+,28-20+. The van der Waals surface area contributed by atoms with E-state index in [0.717, 1.165) is 22.3 Å². The Morgan fingerprint density at radius 3 is 1.00 bits per heavy atom. The van der Waals surface area contributed by atoms with Crippen LogP contribution < -0.4 is 0 Å². The molecule has 0 rings (SSSR count). The van der Waals surface area contributed by atoms with Gasteiger partial charge in [0.25, 0.3) is 0 Å². The average Bonchev–Trinajstić information content (AvgIpc) is 2.91. The highest BCUT2D eigenvalue weighted by Gasteiger charge is 2.31. The number of methoxy groups -OCH3 is 4. The lowest BCUT2D eigenvalue weighted by Crippen LogP contribution is -2.38. The highest BCUT2D eigenvalue weighted by molar-refractivity contribution is 5.96. The highest BCUT2D eigenvalue weighted by atomic mass is 16.7. The first-order chi connectivity index (χ1) is 17.9. The van der Waals surface area contributed by atoms with Crippen LogP contribution in [0.1, 0.15) is 41.5 Å². The molecule has 0 heterocycles. The molecule has 0 aromatic heterocycles. The van der Waals surface area contributed by atoms with E-state index in [4.69, 9.17) is 18.9 Å². The summed E-state index contributed by atoms with van der Waals surface area (Å²) < 4.78 is 20.5. The van der Waals surface area contributed by atoms with E-state index in [1.165, 1.54) is 40.6 Å². The number of allylic oxidation sites excluding steroid dienone is 16. The molecular formula is C32H44O6. The summed E-state index contributed by atoms with van der Waals surface area (Å²) in [7, 11) is 5.74. The largest absolute Gasteiger partial charge is 0.347 e. The summed E-state index contributed by atoms with van der Waals surface area (Å²) in [5.41, 5.74) is 4.01. The molecule has 0 aromatic carbocycles. The number of carbonyl (C=O) groups is 2. The zero-order chi connectivity index (χ0) is 29.2. The molecule has 0 atom stereocenters. The van der Waals surface area contributed by atoms with E-state index in [2.05, 4.69) is 0 Å². The van der Waals surface area contributed by atoms with Gasteiger partial charge in [0, 0.05) is 28.4 Å². The molecule has 0 aromatic rings. The van der Waals surface area contributed by atoms with E-state index in [9.17, 15) is 9.59 Å². The van der Waals surface area contributed by atoms with Gasteiger partial charge in [-0.3, -0.25) is 9.59 Å². The smallest absolute Gasteiger partial charge is 0.229 e. The van der Waals surface area contributed by atoms with Gasteiger partial charge >= 0.3 is 0 Å². The van der Waals surface area contributed by atoms with Gasteiger partial charge in [0.05, 0.1) is 0 Å². The zero-order valence-electron chi connectivity index (χ0n) is 24.5. The van der Waals surface area contributed by atoms with Gasteiger partial charge in [0.2, 0.25) is 23.1 Å². The van der Waals surface area contributed by atoms with Crippen molar-refractivity contribution >= 4 is 11.6 Å². The van der Waals surface area contributed by atoms with Crippen LogP contribution in [0.3, 0.4) is 0 Å². The van der Waals surface area contributed by atoms with Crippen LogP contribution >= 0.6 is 0 Å². The van der Waals surface area contributed by atoms with Gasteiger partial charge in [-0.25, -0.2) is 0 Å². The molecule has 0 unspecified atom stereocenters. The first-order valence-electron chi connectivity index (χ1n) is 12.2. The molecule has 0 amide bonds. The minimum atomic E-state index is -1.27. The fourth-order valence-corrected chi connectivity index (χ4v) is 2.63. The molecule has 38 heavy (non-hydrogen) atoms. The van der Waals surface area contributed by atoms with Crippen molar-refractivity contribution in [2.24, 2.45) is 0 Å². The number of rotatable bonds is 16. The highest BCUT2D eigenvalue weighted by Crippen LogP contribution is 2.14. The third kappa shape index (κ3) is 13.4. The van der Waals surface area contributed by atoms with Crippen LogP contribution in [0.5, 0.6) is 0 Å². The molecule has 208 valence electrons. The Kier molecular flexibility index (Phi) is 16.6. The Labute approximate surface area is 229 Å². The number of ether oxygens (including phenoxy) is 4. The van der Waals surface area contributed by atoms with Crippen LogP contribution in [0.4, 0.5) is 0 Å². The Morgan fingerprint density at radius 2 is 0.711 bits per heavy atom. The molecule has 0 fully saturated rings. The fraction of sp³-hybridized carbons (Fsp3) is 0.375. The third-order valence-corrected chi connectivity index (χ3v) is 5.71. The molecule has 0 N–H and O–H groups in total. The molecule has 0 aliphatic carbocycles. The van der Waals surface area contributed by atoms with Gasteiger partial charge in [0.15, 0.2) is 0 Å². The molecule has 0 saturated carbocycles. The van der Waals surface area contributed by atoms with Gasteiger partial charge in [-0.2, -0.15) is 0 Å². The first-order valence-corrected chi connectivity index (χ1v) is 12.2. The summed E-state index contributed by atoms with van der Waals surface area (Å²) in [5, 5.41) is 0. The minimum absolute atomic E-state index is 0.258. The maximum atomic E-state index is 12.2. The number of hydrogen-bond acceptors (Lipinski definition) is 6. The summed E-state index contributed by atoms with van der Waals surface area (Å²) >= 11 is 0. The molecule has 0 spiro atoms. The average molecular weight is 525 g/mol. The van der Waals surface area contributed by atoms with E-state index in [1.807, 2.05) is 88.5 Å². The van der Waals surface area contributed by atoms with Crippen LogP contribution in [-0.2, 0) is 28.5 Å². The van der Waals surface area contributed by atoms with Crippen LogP contribution in [-0.4, -0.2) is 51.6 Å². The van der Waals surface area contributed by atoms with Crippen LogP contribution in [0, 0.1) is 0 Å². The summed E-state index contributed by atoms with van der Waals surface area (Å²) in [6, 6.07) is 0. The quantitative estimate of drug-likeness (QED) is 0.127. The zero-order valence-corrected chi connectivity index (χ0v) is 24.5. The molecule has 0 aliphatic rings. The molecule has 0 saturated heterocycles. The summed E-state index contributed by atoms with van der Waals surface area (Å²) in [4.78, 5) is 24.3. The van der Waals surface area contributed by atoms with E-state index in [-0.39, 0.29) is 11.6 Å². The number of hydrogen-bond donors (Lipinski definition) is 0. The van der Waals surface area contributed by atoms with Crippen molar-refractivity contribution in [3.05, 3.63) is 107 Å². The van der Waals surface area contributed by atoms with Crippen molar-refractivity contribution in [3.8, 4) is 0 Å². The minimum Gasteiger partial charge on any atom is -0.347 e. The lowest BCUT2D eigenvalue weighted by Gasteiger charge is -2.22. The van der Waals surface area contributed by atoms with E-state index >= 15 is 0 Å². The monoisotopic (exact) mass is 524 g/mol. The number of carbonyl (C=O) groups excluding carboxylic acids is 2. The van der Waals surface area contributed by atoms with Crippen molar-refractivity contribution in [2.45, 2.75) is 53.1 Å². The van der Waals surface area contributed by atoms with Crippen molar-refractivity contribution < 1.29 is 28.5 Å². The molecule has 0 bridgehead atoms. The maximum absolute atomic E-state index is 12.2. The molecule has 6 heteroatoms. The maximum Gasteiger partial charge on any atom is 0.229 e. The SMILES string of the molecule is COC(C)(OC)C(=O)/C=C/C(C)=C/C=C/C(C)=C/C=C/C=C(C)/C=C/C=C(C)/C=C/C(=O)C(C)(OC)OC. The molecule has 0 radical (unpaired) electrons.